The zero-order valence-electron chi connectivity index (χ0n) is 18.7. The predicted octanol–water partition coefficient (Wildman–Crippen LogP) is 3.61. The second kappa shape index (κ2) is 9.43. The highest BCUT2D eigenvalue weighted by molar-refractivity contribution is 5.98. The normalized spacial score (nSPS) is 11.6. The first-order chi connectivity index (χ1) is 16.0. The van der Waals surface area contributed by atoms with E-state index in [1.54, 1.807) is 38.6 Å². The molecule has 0 aliphatic carbocycles. The minimum Gasteiger partial charge on any atom is -0.493 e. The zero-order valence-corrected chi connectivity index (χ0v) is 18.7. The highest BCUT2D eigenvalue weighted by Gasteiger charge is 2.16. The van der Waals surface area contributed by atoms with Crippen LogP contribution in [0, 0.1) is 0 Å². The minimum absolute atomic E-state index is 0.202. The van der Waals surface area contributed by atoms with E-state index in [4.69, 9.17) is 14.2 Å². The molecule has 2 aromatic heterocycles. The molecule has 10 heteroatoms. The van der Waals surface area contributed by atoms with Crippen molar-refractivity contribution in [1.82, 2.24) is 25.5 Å². The molecule has 1 amide bonds. The summed E-state index contributed by atoms with van der Waals surface area (Å²) in [6, 6.07) is 10.5. The van der Waals surface area contributed by atoms with Gasteiger partial charge in [-0.2, -0.15) is 0 Å². The fraction of sp³-hybridized carbons (Fsp3) is 0.217. The van der Waals surface area contributed by atoms with Gasteiger partial charge < -0.3 is 29.8 Å². The van der Waals surface area contributed by atoms with Gasteiger partial charge in [0.25, 0.3) is 5.91 Å². The molecule has 0 bridgehead atoms. The number of fused-ring (bicyclic) bond motifs is 1. The zero-order chi connectivity index (χ0) is 23.4. The van der Waals surface area contributed by atoms with Gasteiger partial charge in [0.15, 0.2) is 11.5 Å². The molecule has 0 saturated heterocycles. The summed E-state index contributed by atoms with van der Waals surface area (Å²) in [5, 5.41) is 15.3. The number of aromatic amines is 1. The lowest BCUT2D eigenvalue weighted by atomic mass is 10.1. The van der Waals surface area contributed by atoms with E-state index in [1.165, 1.54) is 7.11 Å². The number of anilines is 2. The van der Waals surface area contributed by atoms with Crippen LogP contribution in [0.4, 0.5) is 11.6 Å². The summed E-state index contributed by atoms with van der Waals surface area (Å²) in [5.41, 5.74) is 2.71. The van der Waals surface area contributed by atoms with Crippen molar-refractivity contribution >= 4 is 28.4 Å². The summed E-state index contributed by atoms with van der Waals surface area (Å²) in [4.78, 5) is 20.1. The van der Waals surface area contributed by atoms with Crippen molar-refractivity contribution in [2.75, 3.05) is 26.6 Å². The smallest absolute Gasteiger partial charge is 0.251 e. The average molecular weight is 448 g/mol. The van der Waals surface area contributed by atoms with Crippen LogP contribution in [-0.4, -0.2) is 47.4 Å². The lowest BCUT2D eigenvalue weighted by molar-refractivity contribution is 0.0939. The molecule has 0 aliphatic rings. The van der Waals surface area contributed by atoms with E-state index in [-0.39, 0.29) is 17.9 Å². The van der Waals surface area contributed by atoms with Crippen LogP contribution in [0.3, 0.4) is 0 Å². The van der Waals surface area contributed by atoms with Crippen LogP contribution in [0.25, 0.3) is 10.9 Å². The number of benzene rings is 2. The quantitative estimate of drug-likeness (QED) is 0.374. The van der Waals surface area contributed by atoms with Crippen molar-refractivity contribution in [3.05, 3.63) is 60.0 Å². The summed E-state index contributed by atoms with van der Waals surface area (Å²) < 4.78 is 16.0. The molecule has 1 unspecified atom stereocenters. The monoisotopic (exact) mass is 448 g/mol. The first kappa shape index (κ1) is 21.9. The molecule has 4 aromatic rings. The Labute approximate surface area is 190 Å². The summed E-state index contributed by atoms with van der Waals surface area (Å²) in [5.74, 6) is 1.56. The molecule has 33 heavy (non-hydrogen) atoms. The van der Waals surface area contributed by atoms with Gasteiger partial charge in [0.2, 0.25) is 11.7 Å². The minimum atomic E-state index is -0.380. The van der Waals surface area contributed by atoms with Crippen LogP contribution in [0.15, 0.2) is 48.8 Å². The molecule has 10 nitrogen and oxygen atoms in total. The Balaban J connectivity index is 1.45. The molecule has 0 radical (unpaired) electrons. The molecule has 0 fully saturated rings. The number of nitrogens with zero attached hydrogens (tertiary/aromatic N) is 3. The van der Waals surface area contributed by atoms with Crippen molar-refractivity contribution in [1.29, 1.82) is 0 Å². The Morgan fingerprint density at radius 1 is 1.00 bits per heavy atom. The number of methoxy groups -OCH3 is 3. The van der Waals surface area contributed by atoms with E-state index in [9.17, 15) is 4.79 Å². The Morgan fingerprint density at radius 3 is 2.39 bits per heavy atom. The Morgan fingerprint density at radius 2 is 1.76 bits per heavy atom. The van der Waals surface area contributed by atoms with Crippen molar-refractivity contribution in [2.24, 2.45) is 0 Å². The van der Waals surface area contributed by atoms with Gasteiger partial charge in [0.05, 0.1) is 33.6 Å². The summed E-state index contributed by atoms with van der Waals surface area (Å²) >= 11 is 0. The van der Waals surface area contributed by atoms with Crippen molar-refractivity contribution in [2.45, 2.75) is 13.0 Å². The summed E-state index contributed by atoms with van der Waals surface area (Å²) in [7, 11) is 4.62. The van der Waals surface area contributed by atoms with Gasteiger partial charge in [0.1, 0.15) is 5.69 Å². The number of H-pyrrole nitrogens is 1. The molecule has 2 heterocycles. The van der Waals surface area contributed by atoms with E-state index < -0.39 is 0 Å². The van der Waals surface area contributed by atoms with Gasteiger partial charge in [-0.15, -0.1) is 10.2 Å². The Hall–Kier alpha value is -4.34. The van der Waals surface area contributed by atoms with Gasteiger partial charge >= 0.3 is 0 Å². The molecular formula is C23H24N6O4. The van der Waals surface area contributed by atoms with Gasteiger partial charge in [-0.3, -0.25) is 4.79 Å². The third kappa shape index (κ3) is 4.64. The maximum absolute atomic E-state index is 12.6. The highest BCUT2D eigenvalue weighted by atomic mass is 16.5. The number of ether oxygens (including phenoxy) is 3. The maximum Gasteiger partial charge on any atom is 0.251 e. The SMILES string of the molecule is COc1cc(Nc2ncc(C(C)NC(=O)c3ccc4[nH]ccc4c3)nn2)cc(OC)c1OC. The third-order valence-electron chi connectivity index (χ3n) is 5.11. The Bertz CT molecular complexity index is 1250. The second-order valence-electron chi connectivity index (χ2n) is 7.22. The number of aromatic nitrogens is 4. The number of hydrogen-bond donors (Lipinski definition) is 3. The fourth-order valence-corrected chi connectivity index (χ4v) is 3.37. The summed E-state index contributed by atoms with van der Waals surface area (Å²) in [6.45, 7) is 1.82. The fourth-order valence-electron chi connectivity index (χ4n) is 3.37. The number of amides is 1. The van der Waals surface area contributed by atoms with E-state index >= 15 is 0 Å². The lowest BCUT2D eigenvalue weighted by Crippen LogP contribution is -2.27. The molecule has 0 spiro atoms. The molecule has 3 N–H and O–H groups in total. The topological polar surface area (TPSA) is 123 Å². The lowest BCUT2D eigenvalue weighted by Gasteiger charge is -2.15. The number of hydrogen-bond acceptors (Lipinski definition) is 8. The van der Waals surface area contributed by atoms with Crippen LogP contribution >= 0.6 is 0 Å². The van der Waals surface area contributed by atoms with Crippen LogP contribution < -0.4 is 24.8 Å². The second-order valence-corrected chi connectivity index (χ2v) is 7.22. The number of carbonyl (C=O) groups excluding carboxylic acids is 1. The predicted molar refractivity (Wildman–Crippen MR) is 123 cm³/mol. The molecular weight excluding hydrogens is 424 g/mol. The Kier molecular flexibility index (Phi) is 6.25. The number of carbonyl (C=O) groups is 1. The van der Waals surface area contributed by atoms with Crippen molar-refractivity contribution in [3.63, 3.8) is 0 Å². The molecule has 4 rings (SSSR count). The van der Waals surface area contributed by atoms with E-state index in [0.29, 0.717) is 34.2 Å². The highest BCUT2D eigenvalue weighted by Crippen LogP contribution is 2.40. The van der Waals surface area contributed by atoms with Crippen LogP contribution in [0.5, 0.6) is 17.2 Å². The maximum atomic E-state index is 12.6. The largest absolute Gasteiger partial charge is 0.493 e. The van der Waals surface area contributed by atoms with E-state index in [1.807, 2.05) is 31.3 Å². The van der Waals surface area contributed by atoms with Crippen molar-refractivity contribution in [3.8, 4) is 17.2 Å². The summed E-state index contributed by atoms with van der Waals surface area (Å²) in [6.07, 6.45) is 3.40. The van der Waals surface area contributed by atoms with Crippen LogP contribution in [0.1, 0.15) is 29.0 Å². The van der Waals surface area contributed by atoms with Crippen molar-refractivity contribution < 1.29 is 19.0 Å². The molecule has 0 saturated carbocycles. The van der Waals surface area contributed by atoms with Gasteiger partial charge in [-0.1, -0.05) is 0 Å². The van der Waals surface area contributed by atoms with Gasteiger partial charge in [0, 0.05) is 40.5 Å². The third-order valence-corrected chi connectivity index (χ3v) is 5.11. The van der Waals surface area contributed by atoms with Gasteiger partial charge in [-0.05, 0) is 31.2 Å². The van der Waals surface area contributed by atoms with E-state index in [2.05, 4.69) is 30.8 Å². The van der Waals surface area contributed by atoms with Crippen LogP contribution in [-0.2, 0) is 0 Å². The molecule has 1 atom stereocenters. The number of nitrogens with one attached hydrogen (secondary N) is 3. The molecule has 170 valence electrons. The standard InChI is InChI=1S/C23H24N6O4/c1-13(26-22(30)15-5-6-17-14(9-15)7-8-24-17)18-12-25-23(29-28-18)27-16-10-19(31-2)21(33-4)20(11-16)32-3/h5-13,24H,1-4H3,(H,26,30)(H,25,27,29). The number of rotatable bonds is 8. The molecule has 0 aliphatic heterocycles. The van der Waals surface area contributed by atoms with Crippen LogP contribution in [0.2, 0.25) is 0 Å². The molecule has 2 aromatic carbocycles. The van der Waals surface area contributed by atoms with Gasteiger partial charge in [-0.25, -0.2) is 4.98 Å². The average Bonchev–Trinajstić information content (AvgIpc) is 3.31. The first-order valence-electron chi connectivity index (χ1n) is 10.2. The van der Waals surface area contributed by atoms with E-state index in [0.717, 1.165) is 10.9 Å². The first-order valence-corrected chi connectivity index (χ1v) is 10.2.